The van der Waals surface area contributed by atoms with Crippen LogP contribution >= 0.6 is 0 Å². The van der Waals surface area contributed by atoms with Crippen molar-refractivity contribution in [2.75, 3.05) is 0 Å². The number of rotatable bonds is 0. The van der Waals surface area contributed by atoms with Crippen molar-refractivity contribution in [2.24, 2.45) is 11.8 Å². The molecule has 0 heterocycles. The van der Waals surface area contributed by atoms with E-state index >= 15 is 0 Å². The minimum absolute atomic E-state index is 0.308. The van der Waals surface area contributed by atoms with E-state index in [1.807, 2.05) is 0 Å². The molecule has 0 unspecified atom stereocenters. The van der Waals surface area contributed by atoms with E-state index < -0.39 is 6.08 Å². The summed E-state index contributed by atoms with van der Waals surface area (Å²) in [6, 6.07) is 0. The first-order chi connectivity index (χ1) is 4.18. The van der Waals surface area contributed by atoms with Gasteiger partial charge in [0.2, 0.25) is 0 Å². The summed E-state index contributed by atoms with van der Waals surface area (Å²) < 4.78 is 7.43. The third kappa shape index (κ3) is 0.510. The van der Waals surface area contributed by atoms with E-state index in [1.54, 1.807) is 0 Å². The van der Waals surface area contributed by atoms with Crippen molar-refractivity contribution in [2.45, 2.75) is 31.8 Å². The van der Waals surface area contributed by atoms with Gasteiger partial charge in [-0.1, -0.05) is 0 Å². The molecule has 1 heteroatoms. The van der Waals surface area contributed by atoms with Gasteiger partial charge in [0.15, 0.2) is 0 Å². The van der Waals surface area contributed by atoms with Crippen molar-refractivity contribution in [3.05, 3.63) is 0 Å². The van der Waals surface area contributed by atoms with E-state index in [4.69, 9.17) is 1.37 Å². The Labute approximate surface area is 51.1 Å². The molecule has 0 radical (unpaired) electrons. The van der Waals surface area contributed by atoms with Gasteiger partial charge in [0.25, 0.3) is 0 Å². The third-order valence-electron chi connectivity index (χ3n) is 2.51. The van der Waals surface area contributed by atoms with Crippen LogP contribution in [0.2, 0.25) is 0 Å². The molecule has 1 N–H and O–H groups in total. The van der Waals surface area contributed by atoms with Crippen molar-refractivity contribution < 1.29 is 6.48 Å². The van der Waals surface area contributed by atoms with Crippen LogP contribution < -0.4 is 0 Å². The fourth-order valence-electron chi connectivity index (χ4n) is 2.03. The molecule has 3 atom stereocenters. The maximum Gasteiger partial charge on any atom is 0.0603 e. The lowest BCUT2D eigenvalue weighted by molar-refractivity contribution is 0.113. The van der Waals surface area contributed by atoms with Gasteiger partial charge in [-0.15, -0.1) is 0 Å². The maximum atomic E-state index is 9.35. The fraction of sp³-hybridized carbons (Fsp3) is 1.00. The number of fused-ring (bicyclic) bond motifs is 2. The first kappa shape index (κ1) is 3.89. The maximum absolute atomic E-state index is 9.35. The van der Waals surface area contributed by atoms with Gasteiger partial charge in [0, 0.05) is 0 Å². The summed E-state index contributed by atoms with van der Waals surface area (Å²) in [5.41, 5.74) is 0. The van der Waals surface area contributed by atoms with Crippen LogP contribution in [0.4, 0.5) is 0 Å². The Kier molecular flexibility index (Phi) is 0.715. The molecule has 8 heavy (non-hydrogen) atoms. The highest BCUT2D eigenvalue weighted by Gasteiger charge is 2.38. The zero-order valence-electron chi connectivity index (χ0n) is 5.93. The molecule has 46 valence electrons. The van der Waals surface area contributed by atoms with Crippen molar-refractivity contribution in [1.82, 2.24) is 0 Å². The van der Waals surface area contributed by atoms with Gasteiger partial charge in [0.05, 0.1) is 7.45 Å². The van der Waals surface area contributed by atoms with Crippen molar-refractivity contribution in [3.63, 3.8) is 0 Å². The molecule has 2 fully saturated rings. The van der Waals surface area contributed by atoms with E-state index in [0.29, 0.717) is 11.8 Å². The van der Waals surface area contributed by atoms with E-state index in [2.05, 4.69) is 0 Å². The van der Waals surface area contributed by atoms with Crippen LogP contribution in [-0.4, -0.2) is 11.2 Å². The minimum atomic E-state index is -1.04. The zero-order valence-corrected chi connectivity index (χ0v) is 4.93. The molecule has 0 aliphatic heterocycles. The Balaban J connectivity index is 2.18. The second-order valence-electron chi connectivity index (χ2n) is 3.07. The summed E-state index contributed by atoms with van der Waals surface area (Å²) >= 11 is 0. The number of hydrogen-bond acceptors (Lipinski definition) is 1. The van der Waals surface area contributed by atoms with Gasteiger partial charge in [-0.25, -0.2) is 0 Å². The lowest BCUT2D eigenvalue weighted by Gasteiger charge is -2.14. The van der Waals surface area contributed by atoms with Gasteiger partial charge in [-0.05, 0) is 37.5 Å². The second-order valence-corrected chi connectivity index (χ2v) is 3.07. The molecule has 2 saturated carbocycles. The molecule has 0 aromatic heterocycles. The second kappa shape index (κ2) is 1.47. The highest BCUT2D eigenvalue weighted by molar-refractivity contribution is 4.89. The summed E-state index contributed by atoms with van der Waals surface area (Å²) in [5.74, 6) is 0.986. The van der Waals surface area contributed by atoms with Gasteiger partial charge in [-0.3, -0.25) is 0 Å². The normalized spacial score (nSPS) is 63.9. The lowest BCUT2D eigenvalue weighted by Crippen LogP contribution is -2.14. The predicted molar refractivity (Wildman–Crippen MR) is 31.5 cm³/mol. The summed E-state index contributed by atoms with van der Waals surface area (Å²) in [4.78, 5) is 0. The van der Waals surface area contributed by atoms with Crippen LogP contribution in [0.15, 0.2) is 0 Å². The molecular weight excluding hydrogens is 100 g/mol. The average Bonchev–Trinajstić information content (AvgIpc) is 2.19. The van der Waals surface area contributed by atoms with Crippen LogP contribution in [0, 0.1) is 11.8 Å². The van der Waals surface area contributed by atoms with Crippen molar-refractivity contribution >= 4 is 0 Å². The topological polar surface area (TPSA) is 20.2 Å². The summed E-state index contributed by atoms with van der Waals surface area (Å²) in [7, 11) is 0. The molecule has 2 aliphatic rings. The molecule has 0 spiro atoms. The molecular formula is C7H12O. The molecule has 0 aromatic carbocycles. The molecule has 2 rings (SSSR count). The first-order valence-corrected chi connectivity index (χ1v) is 3.41. The van der Waals surface area contributed by atoms with Crippen LogP contribution in [0.3, 0.4) is 0 Å². The Bertz CT molecular complexity index is 133. The van der Waals surface area contributed by atoms with Crippen LogP contribution in [0.5, 0.6) is 0 Å². The van der Waals surface area contributed by atoms with Crippen LogP contribution in [0.25, 0.3) is 0 Å². The molecule has 1 nitrogen and oxygen atoms in total. The molecule has 2 aliphatic carbocycles. The largest absolute Gasteiger partial charge is 0.393 e. The van der Waals surface area contributed by atoms with Crippen LogP contribution in [0.1, 0.15) is 27.1 Å². The van der Waals surface area contributed by atoms with E-state index in [-0.39, 0.29) is 0 Å². The zero-order chi connectivity index (χ0) is 6.48. The highest BCUT2D eigenvalue weighted by atomic mass is 16.3. The van der Waals surface area contributed by atoms with Crippen LogP contribution in [-0.2, 0) is 0 Å². The summed E-state index contributed by atoms with van der Waals surface area (Å²) in [6.07, 6.45) is 3.15. The Hall–Kier alpha value is -0.0400. The predicted octanol–water partition coefficient (Wildman–Crippen LogP) is 1.17. The molecule has 0 saturated heterocycles. The van der Waals surface area contributed by atoms with Crippen molar-refractivity contribution in [1.29, 1.82) is 0 Å². The van der Waals surface area contributed by atoms with Crippen molar-refractivity contribution in [3.8, 4) is 0 Å². The summed E-state index contributed by atoms with van der Waals surface area (Å²) in [6.45, 7) is 0. The smallest absolute Gasteiger partial charge is 0.0603 e. The molecule has 0 amide bonds. The molecule has 0 aromatic rings. The van der Waals surface area contributed by atoms with Gasteiger partial charge < -0.3 is 5.11 Å². The van der Waals surface area contributed by atoms with E-state index in [9.17, 15) is 5.11 Å². The lowest BCUT2D eigenvalue weighted by atomic mass is 9.98. The quantitative estimate of drug-likeness (QED) is 0.500. The number of hydrogen-bond donors (Lipinski definition) is 1. The van der Waals surface area contributed by atoms with E-state index in [0.717, 1.165) is 19.3 Å². The highest BCUT2D eigenvalue weighted by Crippen LogP contribution is 2.44. The standard InChI is InChI=1S/C7H12O/c8-7-4-5-1-2-6(7)3-5/h5-8H,1-4H2/t5-,6+,7-/m1/s1/i7D. The SMILES string of the molecule is [2H][C@@]1(O)C[C@@H]2CC[C@H]1C2. The van der Waals surface area contributed by atoms with Gasteiger partial charge in [-0.2, -0.15) is 0 Å². The number of aliphatic hydroxyl groups is 1. The van der Waals surface area contributed by atoms with E-state index in [1.165, 1.54) is 6.42 Å². The van der Waals surface area contributed by atoms with Gasteiger partial charge in [0.1, 0.15) is 0 Å². The van der Waals surface area contributed by atoms with Gasteiger partial charge >= 0.3 is 0 Å². The summed E-state index contributed by atoms with van der Waals surface area (Å²) in [5, 5.41) is 9.35. The third-order valence-corrected chi connectivity index (χ3v) is 2.51. The minimum Gasteiger partial charge on any atom is -0.393 e. The average molecular weight is 113 g/mol. The Morgan fingerprint density at radius 2 is 2.25 bits per heavy atom. The Morgan fingerprint density at radius 1 is 1.38 bits per heavy atom. The Morgan fingerprint density at radius 3 is 2.50 bits per heavy atom. The fourth-order valence-corrected chi connectivity index (χ4v) is 2.03. The monoisotopic (exact) mass is 113 g/mol. The first-order valence-electron chi connectivity index (χ1n) is 3.91. The molecule has 2 bridgehead atoms.